The van der Waals surface area contributed by atoms with Gasteiger partial charge in [-0.2, -0.15) is 0 Å². The average molecular weight is 277 g/mol. The van der Waals surface area contributed by atoms with Gasteiger partial charge < -0.3 is 4.74 Å². The highest BCUT2D eigenvalue weighted by atomic mass is 16.5. The molecule has 0 fully saturated rings. The molecule has 1 aromatic carbocycles. The maximum atomic E-state index is 11.9. The van der Waals surface area contributed by atoms with Crippen molar-refractivity contribution in [3.63, 3.8) is 0 Å². The Bertz CT molecular complexity index is 434. The molecule has 0 aliphatic carbocycles. The summed E-state index contributed by atoms with van der Waals surface area (Å²) < 4.78 is 5.00. The predicted octanol–water partition coefficient (Wildman–Crippen LogP) is 1.34. The Hall–Kier alpha value is -1.88. The molecule has 5 nitrogen and oxygen atoms in total. The third-order valence-corrected chi connectivity index (χ3v) is 2.98. The van der Waals surface area contributed by atoms with Crippen molar-refractivity contribution in [3.05, 3.63) is 35.9 Å². The molecular weight excluding hydrogens is 256 g/mol. The highest BCUT2D eigenvalue weighted by Crippen LogP contribution is 2.07. The molecule has 20 heavy (non-hydrogen) atoms. The number of benzene rings is 1. The van der Waals surface area contributed by atoms with E-state index in [-0.39, 0.29) is 5.97 Å². The van der Waals surface area contributed by atoms with Crippen molar-refractivity contribution in [1.29, 1.82) is 0 Å². The zero-order chi connectivity index (χ0) is 15.0. The molecule has 1 rings (SSSR count). The smallest absolute Gasteiger partial charge is 0.323 e. The van der Waals surface area contributed by atoms with Gasteiger partial charge in [-0.15, -0.1) is 0 Å². The molecule has 0 bridgehead atoms. The van der Waals surface area contributed by atoms with Crippen molar-refractivity contribution < 1.29 is 14.3 Å². The monoisotopic (exact) mass is 277 g/mol. The van der Waals surface area contributed by atoms with Gasteiger partial charge in [0.05, 0.1) is 12.6 Å². The fourth-order valence-corrected chi connectivity index (χ4v) is 1.85. The van der Waals surface area contributed by atoms with Crippen LogP contribution in [0.5, 0.6) is 0 Å². The highest BCUT2D eigenvalue weighted by Gasteiger charge is 2.23. The second-order valence-electron chi connectivity index (χ2n) is 4.58. The summed E-state index contributed by atoms with van der Waals surface area (Å²) in [6.07, 6.45) is 1.23. The van der Waals surface area contributed by atoms with Gasteiger partial charge in [0.2, 0.25) is 0 Å². The fourth-order valence-electron chi connectivity index (χ4n) is 1.85. The maximum absolute atomic E-state index is 11.9. The quantitative estimate of drug-likeness (QED) is 0.727. The third-order valence-electron chi connectivity index (χ3n) is 2.98. The molecule has 1 unspecified atom stereocenters. The zero-order valence-corrected chi connectivity index (χ0v) is 11.9. The Morgan fingerprint density at radius 1 is 1.30 bits per heavy atom. The van der Waals surface area contributed by atoms with Gasteiger partial charge in [-0.3, -0.25) is 20.6 Å². The minimum atomic E-state index is -0.737. The first-order valence-corrected chi connectivity index (χ1v) is 6.76. The van der Waals surface area contributed by atoms with Gasteiger partial charge in [-0.05, 0) is 32.3 Å². The lowest BCUT2D eigenvalue weighted by Crippen LogP contribution is -2.46. The van der Waals surface area contributed by atoms with Crippen molar-refractivity contribution in [2.45, 2.75) is 38.8 Å². The summed E-state index contributed by atoms with van der Waals surface area (Å²) in [4.78, 5) is 22.9. The van der Waals surface area contributed by atoms with Crippen LogP contribution in [0.25, 0.3) is 0 Å². The van der Waals surface area contributed by atoms with Gasteiger partial charge in [0, 0.05) is 0 Å². The molecule has 1 amide bonds. The average Bonchev–Trinajstić information content (AvgIpc) is 2.44. The molecule has 2 N–H and O–H groups in total. The molecule has 109 valence electrons. The van der Waals surface area contributed by atoms with Crippen LogP contribution in [0.4, 0.5) is 0 Å². The lowest BCUT2D eigenvalue weighted by Gasteiger charge is -2.20. The molecule has 0 aliphatic rings. The molecule has 0 saturated heterocycles. The highest BCUT2D eigenvalue weighted by molar-refractivity contribution is 5.81. The Morgan fingerprint density at radius 3 is 2.50 bits per heavy atom. The number of amides is 1. The van der Waals surface area contributed by atoms with Crippen LogP contribution in [-0.4, -0.2) is 30.6 Å². The standard InChI is InChI=1S/C15H21N2O3/c1-3-20-15(19)13(17-11(2)14(16)18)10-9-12-7-5-4-6-8-12/h4-8,11,13,16-17H,3,9-10H2,1-2H3/t11-,13?/m0/s1. The third kappa shape index (κ3) is 5.40. The first kappa shape index (κ1) is 16.2. The van der Waals surface area contributed by atoms with E-state index in [1.165, 1.54) is 0 Å². The SMILES string of the molecule is CCOC(=O)C(CCc1ccccc1)N[C@@H](C)C([NH])=O. The summed E-state index contributed by atoms with van der Waals surface area (Å²) in [7, 11) is 0. The molecule has 5 heteroatoms. The van der Waals surface area contributed by atoms with E-state index >= 15 is 0 Å². The largest absolute Gasteiger partial charge is 0.465 e. The number of carbonyl (C=O) groups is 2. The van der Waals surface area contributed by atoms with Crippen LogP contribution in [0.15, 0.2) is 30.3 Å². The normalized spacial score (nSPS) is 13.5. The number of hydrogen-bond donors (Lipinski definition) is 1. The van der Waals surface area contributed by atoms with Crippen molar-refractivity contribution in [2.75, 3.05) is 6.61 Å². The van der Waals surface area contributed by atoms with E-state index in [4.69, 9.17) is 10.5 Å². The molecule has 2 atom stereocenters. The van der Waals surface area contributed by atoms with Crippen LogP contribution in [0.1, 0.15) is 25.8 Å². The molecule has 0 saturated carbocycles. The molecule has 1 radical (unpaired) electrons. The zero-order valence-electron chi connectivity index (χ0n) is 11.9. The van der Waals surface area contributed by atoms with Crippen LogP contribution in [0.3, 0.4) is 0 Å². The molecule has 0 aromatic heterocycles. The van der Waals surface area contributed by atoms with Crippen molar-refractivity contribution >= 4 is 11.9 Å². The Kier molecular flexibility index (Phi) is 6.73. The summed E-state index contributed by atoms with van der Waals surface area (Å²) in [5.41, 5.74) is 8.18. The molecular formula is C15H21N2O3. The van der Waals surface area contributed by atoms with Crippen LogP contribution >= 0.6 is 0 Å². The Morgan fingerprint density at radius 2 is 1.95 bits per heavy atom. The number of hydrogen-bond acceptors (Lipinski definition) is 4. The van der Waals surface area contributed by atoms with E-state index in [9.17, 15) is 9.59 Å². The maximum Gasteiger partial charge on any atom is 0.323 e. The lowest BCUT2D eigenvalue weighted by molar-refractivity contribution is -0.146. The van der Waals surface area contributed by atoms with E-state index in [1.54, 1.807) is 13.8 Å². The predicted molar refractivity (Wildman–Crippen MR) is 75.9 cm³/mol. The second kappa shape index (κ2) is 8.32. The van der Waals surface area contributed by atoms with Gasteiger partial charge in [-0.1, -0.05) is 30.3 Å². The van der Waals surface area contributed by atoms with Crippen LogP contribution in [0.2, 0.25) is 0 Å². The number of ether oxygens (including phenoxy) is 1. The van der Waals surface area contributed by atoms with Crippen molar-refractivity contribution in [1.82, 2.24) is 11.1 Å². The summed E-state index contributed by atoms with van der Waals surface area (Å²) in [6.45, 7) is 3.61. The summed E-state index contributed by atoms with van der Waals surface area (Å²) >= 11 is 0. The molecule has 1 aromatic rings. The topological polar surface area (TPSA) is 79.2 Å². The van der Waals surface area contributed by atoms with Gasteiger partial charge >= 0.3 is 5.97 Å². The first-order chi connectivity index (χ1) is 9.54. The lowest BCUT2D eigenvalue weighted by atomic mass is 10.0. The number of rotatable bonds is 8. The summed E-state index contributed by atoms with van der Waals surface area (Å²) in [5, 5.41) is 2.86. The first-order valence-electron chi connectivity index (χ1n) is 6.76. The van der Waals surface area contributed by atoms with Gasteiger partial charge in [-0.25, -0.2) is 0 Å². The Labute approximate surface area is 119 Å². The van der Waals surface area contributed by atoms with Crippen LogP contribution < -0.4 is 11.1 Å². The van der Waals surface area contributed by atoms with Crippen molar-refractivity contribution in [2.24, 2.45) is 0 Å². The van der Waals surface area contributed by atoms with Crippen LogP contribution in [0, 0.1) is 0 Å². The molecule has 0 aliphatic heterocycles. The fraction of sp³-hybridized carbons (Fsp3) is 0.467. The second-order valence-corrected chi connectivity index (χ2v) is 4.58. The van der Waals surface area contributed by atoms with E-state index in [2.05, 4.69) is 5.32 Å². The summed E-state index contributed by atoms with van der Waals surface area (Å²) in [6, 6.07) is 8.55. The Balaban J connectivity index is 2.62. The number of esters is 1. The van der Waals surface area contributed by atoms with Gasteiger partial charge in [0.1, 0.15) is 6.04 Å². The number of carbonyl (C=O) groups excluding carboxylic acids is 2. The van der Waals surface area contributed by atoms with Gasteiger partial charge in [0.25, 0.3) is 5.91 Å². The number of aryl methyl sites for hydroxylation is 1. The number of nitrogens with one attached hydrogen (secondary N) is 2. The minimum Gasteiger partial charge on any atom is -0.465 e. The van der Waals surface area contributed by atoms with E-state index in [0.717, 1.165) is 5.56 Å². The minimum absolute atomic E-state index is 0.297. The molecule has 0 spiro atoms. The molecule has 0 heterocycles. The van der Waals surface area contributed by atoms with Crippen molar-refractivity contribution in [3.8, 4) is 0 Å². The van der Waals surface area contributed by atoms with E-state index < -0.39 is 18.0 Å². The van der Waals surface area contributed by atoms with Crippen LogP contribution in [-0.2, 0) is 20.7 Å². The van der Waals surface area contributed by atoms with E-state index in [1.807, 2.05) is 30.3 Å². The van der Waals surface area contributed by atoms with E-state index in [0.29, 0.717) is 19.4 Å². The van der Waals surface area contributed by atoms with Gasteiger partial charge in [0.15, 0.2) is 0 Å². The summed E-state index contributed by atoms with van der Waals surface area (Å²) in [5.74, 6) is -1.12.